The smallest absolute Gasteiger partial charge is 0.109 e. The number of fused-ring (bicyclic) bond motifs is 1. The van der Waals surface area contributed by atoms with Crippen molar-refractivity contribution in [3.63, 3.8) is 0 Å². The molecular weight excluding hydrogens is 236 g/mol. The molecule has 0 saturated carbocycles. The van der Waals surface area contributed by atoms with Gasteiger partial charge in [0.15, 0.2) is 0 Å². The van der Waals surface area contributed by atoms with Crippen molar-refractivity contribution in [1.82, 2.24) is 19.8 Å². The summed E-state index contributed by atoms with van der Waals surface area (Å²) in [4.78, 5) is 7.46. The maximum absolute atomic E-state index is 4.88. The van der Waals surface area contributed by atoms with E-state index in [1.807, 2.05) is 0 Å². The first-order valence-electron chi connectivity index (χ1n) is 7.85. The lowest BCUT2D eigenvalue weighted by Gasteiger charge is -2.34. The van der Waals surface area contributed by atoms with E-state index in [0.717, 1.165) is 25.9 Å². The lowest BCUT2D eigenvalue weighted by Crippen LogP contribution is -2.38. The Morgan fingerprint density at radius 1 is 1.37 bits per heavy atom. The van der Waals surface area contributed by atoms with Crippen LogP contribution in [0.15, 0.2) is 0 Å². The summed E-state index contributed by atoms with van der Waals surface area (Å²) in [5.41, 5.74) is 2.82. The van der Waals surface area contributed by atoms with E-state index in [9.17, 15) is 0 Å². The van der Waals surface area contributed by atoms with Crippen LogP contribution in [0, 0.1) is 0 Å². The van der Waals surface area contributed by atoms with Crippen molar-refractivity contribution in [2.24, 2.45) is 0 Å². The van der Waals surface area contributed by atoms with Crippen molar-refractivity contribution in [1.29, 1.82) is 0 Å². The molecule has 2 aliphatic rings. The molecule has 3 rings (SSSR count). The maximum atomic E-state index is 4.88. The molecule has 0 aromatic carbocycles. The summed E-state index contributed by atoms with van der Waals surface area (Å²) in [6.07, 6.45) is 4.84. The highest BCUT2D eigenvalue weighted by Crippen LogP contribution is 2.28. The summed E-state index contributed by atoms with van der Waals surface area (Å²) in [7, 11) is 0. The number of rotatable bonds is 3. The normalized spacial score (nSPS) is 24.4. The number of hydrogen-bond acceptors (Lipinski definition) is 3. The third-order valence-corrected chi connectivity index (χ3v) is 4.61. The van der Waals surface area contributed by atoms with Crippen LogP contribution >= 0.6 is 0 Å². The SMILES string of the molecule is CCc1nc2c(n1C1CCCN(CC)C1)CCNC2. The number of aromatic nitrogens is 2. The Morgan fingerprint density at radius 2 is 2.26 bits per heavy atom. The predicted molar refractivity (Wildman–Crippen MR) is 77.4 cm³/mol. The number of hydrogen-bond donors (Lipinski definition) is 1. The van der Waals surface area contributed by atoms with Gasteiger partial charge in [-0.2, -0.15) is 0 Å². The molecule has 3 heterocycles. The van der Waals surface area contributed by atoms with Gasteiger partial charge in [0.25, 0.3) is 0 Å². The highest BCUT2D eigenvalue weighted by molar-refractivity contribution is 5.21. The van der Waals surface area contributed by atoms with E-state index in [4.69, 9.17) is 4.98 Å². The Kier molecular flexibility index (Phi) is 3.89. The van der Waals surface area contributed by atoms with Gasteiger partial charge in [0.2, 0.25) is 0 Å². The highest BCUT2D eigenvalue weighted by atomic mass is 15.2. The monoisotopic (exact) mass is 262 g/mol. The van der Waals surface area contributed by atoms with Crippen molar-refractivity contribution >= 4 is 0 Å². The molecule has 2 aliphatic heterocycles. The molecule has 1 atom stereocenters. The summed E-state index contributed by atoms with van der Waals surface area (Å²) < 4.78 is 2.60. The summed E-state index contributed by atoms with van der Waals surface area (Å²) in [6.45, 7) is 10.2. The van der Waals surface area contributed by atoms with Gasteiger partial charge < -0.3 is 14.8 Å². The molecule has 1 aromatic rings. The van der Waals surface area contributed by atoms with Crippen LogP contribution in [-0.2, 0) is 19.4 Å². The number of nitrogens with zero attached hydrogens (tertiary/aromatic N) is 3. The Balaban J connectivity index is 1.92. The van der Waals surface area contributed by atoms with Crippen LogP contribution in [0.3, 0.4) is 0 Å². The van der Waals surface area contributed by atoms with E-state index < -0.39 is 0 Å². The van der Waals surface area contributed by atoms with Crippen LogP contribution in [0.4, 0.5) is 0 Å². The second kappa shape index (κ2) is 5.63. The number of piperidine rings is 1. The zero-order chi connectivity index (χ0) is 13.2. The zero-order valence-electron chi connectivity index (χ0n) is 12.3. The Morgan fingerprint density at radius 3 is 3.05 bits per heavy atom. The molecule has 0 spiro atoms. The van der Waals surface area contributed by atoms with Crippen LogP contribution in [-0.4, -0.2) is 40.6 Å². The molecule has 1 N–H and O–H groups in total. The van der Waals surface area contributed by atoms with Crippen molar-refractivity contribution in [2.75, 3.05) is 26.2 Å². The van der Waals surface area contributed by atoms with Crippen LogP contribution in [0.2, 0.25) is 0 Å². The number of imidazole rings is 1. The van der Waals surface area contributed by atoms with Gasteiger partial charge in [-0.3, -0.25) is 0 Å². The van der Waals surface area contributed by atoms with Crippen LogP contribution < -0.4 is 5.32 Å². The minimum Gasteiger partial charge on any atom is -0.327 e. The van der Waals surface area contributed by atoms with E-state index in [-0.39, 0.29) is 0 Å². The third kappa shape index (κ3) is 2.43. The minimum atomic E-state index is 0.651. The van der Waals surface area contributed by atoms with Crippen molar-refractivity contribution < 1.29 is 0 Å². The van der Waals surface area contributed by atoms with Gasteiger partial charge in [-0.15, -0.1) is 0 Å². The average Bonchev–Trinajstić information content (AvgIpc) is 2.85. The van der Waals surface area contributed by atoms with Gasteiger partial charge in [-0.25, -0.2) is 4.98 Å². The number of nitrogens with one attached hydrogen (secondary N) is 1. The van der Waals surface area contributed by atoms with Crippen LogP contribution in [0.5, 0.6) is 0 Å². The van der Waals surface area contributed by atoms with Crippen LogP contribution in [0.1, 0.15) is 49.9 Å². The molecule has 0 amide bonds. The topological polar surface area (TPSA) is 33.1 Å². The fraction of sp³-hybridized carbons (Fsp3) is 0.800. The molecule has 19 heavy (non-hydrogen) atoms. The largest absolute Gasteiger partial charge is 0.327 e. The quantitative estimate of drug-likeness (QED) is 0.901. The third-order valence-electron chi connectivity index (χ3n) is 4.61. The van der Waals surface area contributed by atoms with E-state index in [1.54, 1.807) is 0 Å². The van der Waals surface area contributed by atoms with Gasteiger partial charge in [0.05, 0.1) is 5.69 Å². The van der Waals surface area contributed by atoms with E-state index in [2.05, 4.69) is 28.6 Å². The molecule has 0 aliphatic carbocycles. The molecule has 1 aromatic heterocycles. The van der Waals surface area contributed by atoms with E-state index >= 15 is 0 Å². The summed E-state index contributed by atoms with van der Waals surface area (Å²) in [6, 6.07) is 0.651. The molecule has 1 saturated heterocycles. The van der Waals surface area contributed by atoms with Gasteiger partial charge in [0, 0.05) is 44.2 Å². The van der Waals surface area contributed by atoms with E-state index in [0.29, 0.717) is 6.04 Å². The second-order valence-corrected chi connectivity index (χ2v) is 5.76. The summed E-state index contributed by atoms with van der Waals surface area (Å²) >= 11 is 0. The maximum Gasteiger partial charge on any atom is 0.109 e. The summed E-state index contributed by atoms with van der Waals surface area (Å²) in [5, 5.41) is 3.44. The van der Waals surface area contributed by atoms with Crippen LogP contribution in [0.25, 0.3) is 0 Å². The number of aryl methyl sites for hydroxylation is 1. The van der Waals surface area contributed by atoms with Crippen molar-refractivity contribution in [3.8, 4) is 0 Å². The predicted octanol–water partition coefficient (Wildman–Crippen LogP) is 1.75. The van der Waals surface area contributed by atoms with Gasteiger partial charge in [-0.05, 0) is 25.9 Å². The number of likely N-dealkylation sites (tertiary alicyclic amines) is 1. The second-order valence-electron chi connectivity index (χ2n) is 5.76. The van der Waals surface area contributed by atoms with Crippen molar-refractivity contribution in [2.45, 2.75) is 52.1 Å². The minimum absolute atomic E-state index is 0.651. The van der Waals surface area contributed by atoms with Crippen molar-refractivity contribution in [3.05, 3.63) is 17.2 Å². The number of likely N-dealkylation sites (N-methyl/N-ethyl adjacent to an activating group) is 1. The molecular formula is C15H26N4. The van der Waals surface area contributed by atoms with E-state index in [1.165, 1.54) is 49.7 Å². The molecule has 106 valence electrons. The molecule has 1 fully saturated rings. The fourth-order valence-electron chi connectivity index (χ4n) is 3.60. The first-order chi connectivity index (χ1) is 9.33. The standard InChI is InChI=1S/C15H26N4/c1-3-15-17-13-10-16-8-7-14(13)19(15)12-6-5-9-18(4-2)11-12/h12,16H,3-11H2,1-2H3. The Hall–Kier alpha value is -0.870. The molecule has 0 bridgehead atoms. The Labute approximate surface area is 116 Å². The van der Waals surface area contributed by atoms with Gasteiger partial charge in [0.1, 0.15) is 5.82 Å². The highest BCUT2D eigenvalue weighted by Gasteiger charge is 2.27. The first-order valence-corrected chi connectivity index (χ1v) is 7.85. The summed E-state index contributed by atoms with van der Waals surface area (Å²) in [5.74, 6) is 1.30. The first kappa shape index (κ1) is 13.1. The molecule has 4 heteroatoms. The lowest BCUT2D eigenvalue weighted by atomic mass is 10.0. The molecule has 0 radical (unpaired) electrons. The molecule has 1 unspecified atom stereocenters. The Bertz CT molecular complexity index is 438. The average molecular weight is 262 g/mol. The molecule has 4 nitrogen and oxygen atoms in total. The van der Waals surface area contributed by atoms with Gasteiger partial charge >= 0.3 is 0 Å². The zero-order valence-corrected chi connectivity index (χ0v) is 12.3. The lowest BCUT2D eigenvalue weighted by molar-refractivity contribution is 0.181. The fourth-order valence-corrected chi connectivity index (χ4v) is 3.60. The van der Waals surface area contributed by atoms with Gasteiger partial charge in [-0.1, -0.05) is 13.8 Å².